The van der Waals surface area contributed by atoms with Gasteiger partial charge in [-0.3, -0.25) is 0 Å². The van der Waals surface area contributed by atoms with Gasteiger partial charge in [-0.15, -0.1) is 5.10 Å². The number of rotatable bonds is 3. The summed E-state index contributed by atoms with van der Waals surface area (Å²) < 4.78 is 15.0. The van der Waals surface area contributed by atoms with Gasteiger partial charge in [0, 0.05) is 23.9 Å². The van der Waals surface area contributed by atoms with Crippen LogP contribution >= 0.6 is 0 Å². The molecule has 1 aliphatic rings. The van der Waals surface area contributed by atoms with E-state index in [2.05, 4.69) is 35.3 Å². The van der Waals surface area contributed by atoms with Gasteiger partial charge in [-0.1, -0.05) is 26.0 Å². The molecule has 3 heterocycles. The van der Waals surface area contributed by atoms with Gasteiger partial charge in [0.25, 0.3) is 0 Å². The van der Waals surface area contributed by atoms with E-state index in [-0.39, 0.29) is 11.2 Å². The highest BCUT2D eigenvalue weighted by molar-refractivity contribution is 5.66. The van der Waals surface area contributed by atoms with E-state index >= 15 is 0 Å². The summed E-state index contributed by atoms with van der Waals surface area (Å²) in [5.74, 6) is 0.168. The summed E-state index contributed by atoms with van der Waals surface area (Å²) in [5, 5.41) is 17.9. The molecule has 25 heavy (non-hydrogen) atoms. The number of anilines is 1. The van der Waals surface area contributed by atoms with E-state index in [1.165, 1.54) is 12.1 Å². The maximum absolute atomic E-state index is 13.2. The maximum atomic E-state index is 13.2. The normalized spacial score (nSPS) is 16.7. The molecule has 1 aromatic carbocycles. The van der Waals surface area contributed by atoms with Crippen LogP contribution in [0.3, 0.4) is 0 Å². The average Bonchev–Trinajstić information content (AvgIpc) is 3.11. The number of aromatic nitrogens is 3. The van der Waals surface area contributed by atoms with Crippen LogP contribution in [0.1, 0.15) is 49.5 Å². The molecule has 1 aliphatic heterocycles. The van der Waals surface area contributed by atoms with Crippen molar-refractivity contribution in [1.29, 1.82) is 0 Å². The Bertz CT molecular complexity index is 944. The second kappa shape index (κ2) is 5.52. The molecule has 2 aromatic heterocycles. The minimum atomic E-state index is -0.730. The Balaban J connectivity index is 1.90. The standard InChI is InChI=1S/C19H21FN4O/c1-11(25)17-22-18-13(8-12-4-6-14(20)7-5-12)9-15-16(24(18)23-17)19(2,3)10-21-15/h4-7,9,11,21,25H,8,10H2,1-3H3. The Morgan fingerprint density at radius 1 is 1.32 bits per heavy atom. The third-order valence-corrected chi connectivity index (χ3v) is 4.74. The average molecular weight is 340 g/mol. The van der Waals surface area contributed by atoms with Crippen LogP contribution in [0.15, 0.2) is 30.3 Å². The molecule has 1 atom stereocenters. The summed E-state index contributed by atoms with van der Waals surface area (Å²) >= 11 is 0. The van der Waals surface area contributed by atoms with Crippen molar-refractivity contribution in [3.63, 3.8) is 0 Å². The van der Waals surface area contributed by atoms with Crippen LogP contribution in [0.2, 0.25) is 0 Å². The highest BCUT2D eigenvalue weighted by Crippen LogP contribution is 2.38. The topological polar surface area (TPSA) is 62.5 Å². The second-order valence-corrected chi connectivity index (χ2v) is 7.35. The summed E-state index contributed by atoms with van der Waals surface area (Å²) in [6, 6.07) is 8.59. The highest BCUT2D eigenvalue weighted by Gasteiger charge is 2.34. The first-order valence-corrected chi connectivity index (χ1v) is 8.44. The Labute approximate surface area is 145 Å². The van der Waals surface area contributed by atoms with Crippen molar-refractivity contribution < 1.29 is 9.50 Å². The number of aliphatic hydroxyl groups excluding tert-OH is 1. The second-order valence-electron chi connectivity index (χ2n) is 7.35. The van der Waals surface area contributed by atoms with Gasteiger partial charge >= 0.3 is 0 Å². The van der Waals surface area contributed by atoms with Crippen LogP contribution in [0.25, 0.3) is 5.65 Å². The fourth-order valence-corrected chi connectivity index (χ4v) is 3.43. The molecule has 0 bridgehead atoms. The minimum Gasteiger partial charge on any atom is -0.385 e. The number of benzene rings is 1. The van der Waals surface area contributed by atoms with Gasteiger partial charge in [-0.25, -0.2) is 13.9 Å². The van der Waals surface area contributed by atoms with Crippen LogP contribution < -0.4 is 5.32 Å². The van der Waals surface area contributed by atoms with Crippen LogP contribution in [0.5, 0.6) is 0 Å². The van der Waals surface area contributed by atoms with Crippen LogP contribution in [0, 0.1) is 5.82 Å². The Hall–Kier alpha value is -2.47. The van der Waals surface area contributed by atoms with Gasteiger partial charge in [0.2, 0.25) is 0 Å². The fraction of sp³-hybridized carbons (Fsp3) is 0.368. The van der Waals surface area contributed by atoms with Crippen molar-refractivity contribution in [1.82, 2.24) is 14.6 Å². The van der Waals surface area contributed by atoms with E-state index in [4.69, 9.17) is 0 Å². The molecular weight excluding hydrogens is 319 g/mol. The lowest BCUT2D eigenvalue weighted by Gasteiger charge is -2.18. The molecule has 0 saturated heterocycles. The predicted octanol–water partition coefficient (Wildman–Crippen LogP) is 3.22. The molecule has 130 valence electrons. The monoisotopic (exact) mass is 340 g/mol. The first-order valence-electron chi connectivity index (χ1n) is 8.44. The smallest absolute Gasteiger partial charge is 0.179 e. The summed E-state index contributed by atoms with van der Waals surface area (Å²) in [7, 11) is 0. The van der Waals surface area contributed by atoms with E-state index in [1.54, 1.807) is 19.1 Å². The number of nitrogens with zero attached hydrogens (tertiary/aromatic N) is 3. The molecule has 6 heteroatoms. The van der Waals surface area contributed by atoms with Crippen molar-refractivity contribution in [2.45, 2.75) is 38.7 Å². The third kappa shape index (κ3) is 2.66. The molecule has 4 rings (SSSR count). The van der Waals surface area contributed by atoms with Gasteiger partial charge in [0.05, 0.1) is 11.4 Å². The van der Waals surface area contributed by atoms with E-state index in [9.17, 15) is 9.50 Å². The van der Waals surface area contributed by atoms with Gasteiger partial charge in [-0.2, -0.15) is 0 Å². The van der Waals surface area contributed by atoms with E-state index in [0.29, 0.717) is 12.2 Å². The summed E-state index contributed by atoms with van der Waals surface area (Å²) in [4.78, 5) is 4.57. The molecule has 1 unspecified atom stereocenters. The number of nitrogens with one attached hydrogen (secondary N) is 1. The zero-order valence-corrected chi connectivity index (χ0v) is 14.5. The molecule has 3 aromatic rings. The van der Waals surface area contributed by atoms with Crippen molar-refractivity contribution >= 4 is 11.3 Å². The molecule has 5 nitrogen and oxygen atoms in total. The molecule has 0 aliphatic carbocycles. The predicted molar refractivity (Wildman–Crippen MR) is 94.3 cm³/mol. The Morgan fingerprint density at radius 3 is 2.72 bits per heavy atom. The van der Waals surface area contributed by atoms with E-state index < -0.39 is 6.10 Å². The van der Waals surface area contributed by atoms with Gasteiger partial charge in [0.1, 0.15) is 11.9 Å². The zero-order chi connectivity index (χ0) is 17.8. The highest BCUT2D eigenvalue weighted by atomic mass is 19.1. The molecule has 0 radical (unpaired) electrons. The number of fused-ring (bicyclic) bond motifs is 3. The van der Waals surface area contributed by atoms with Crippen molar-refractivity contribution in [2.75, 3.05) is 11.9 Å². The van der Waals surface area contributed by atoms with Crippen LogP contribution in [-0.2, 0) is 11.8 Å². The van der Waals surface area contributed by atoms with Gasteiger partial charge in [-0.05, 0) is 30.7 Å². The van der Waals surface area contributed by atoms with E-state index in [0.717, 1.165) is 34.7 Å². The minimum absolute atomic E-state index is 0.0777. The molecule has 2 N–H and O–H groups in total. The lowest BCUT2D eigenvalue weighted by molar-refractivity contribution is 0.189. The zero-order valence-electron chi connectivity index (χ0n) is 14.5. The fourth-order valence-electron chi connectivity index (χ4n) is 3.43. The molecule has 0 amide bonds. The lowest BCUT2D eigenvalue weighted by atomic mass is 9.90. The molecular formula is C19H21FN4O. The van der Waals surface area contributed by atoms with Crippen molar-refractivity contribution in [2.24, 2.45) is 0 Å². The summed E-state index contributed by atoms with van der Waals surface area (Å²) in [6.45, 7) is 6.81. The Kier molecular flexibility index (Phi) is 3.54. The number of pyridine rings is 1. The quantitative estimate of drug-likeness (QED) is 0.768. The summed E-state index contributed by atoms with van der Waals surface area (Å²) in [6.07, 6.45) is -0.108. The number of hydrogen-bond donors (Lipinski definition) is 2. The third-order valence-electron chi connectivity index (χ3n) is 4.74. The van der Waals surface area contributed by atoms with E-state index in [1.807, 2.05) is 4.52 Å². The van der Waals surface area contributed by atoms with Gasteiger partial charge in [0.15, 0.2) is 11.5 Å². The molecule has 0 spiro atoms. The number of halogens is 1. The van der Waals surface area contributed by atoms with Gasteiger partial charge < -0.3 is 10.4 Å². The summed E-state index contributed by atoms with van der Waals surface area (Å²) in [5.41, 5.74) is 4.78. The van der Waals surface area contributed by atoms with Crippen molar-refractivity contribution in [3.05, 3.63) is 58.8 Å². The van der Waals surface area contributed by atoms with Crippen molar-refractivity contribution in [3.8, 4) is 0 Å². The number of aliphatic hydroxyl groups is 1. The first kappa shape index (κ1) is 16.0. The maximum Gasteiger partial charge on any atom is 0.179 e. The molecule has 0 fully saturated rings. The van der Waals surface area contributed by atoms with Crippen LogP contribution in [0.4, 0.5) is 10.1 Å². The molecule has 0 saturated carbocycles. The Morgan fingerprint density at radius 2 is 2.04 bits per heavy atom. The SMILES string of the molecule is CC(O)c1nc2c(Cc3ccc(F)cc3)cc3c(n2n1)C(C)(C)CN3. The lowest BCUT2D eigenvalue weighted by Crippen LogP contribution is -2.22. The number of hydrogen-bond acceptors (Lipinski definition) is 4. The first-order chi connectivity index (χ1) is 11.8. The van der Waals surface area contributed by atoms with Crippen LogP contribution in [-0.4, -0.2) is 26.2 Å². The largest absolute Gasteiger partial charge is 0.385 e.